The Morgan fingerprint density at radius 3 is 2.59 bits per heavy atom. The van der Waals surface area contributed by atoms with Crippen molar-refractivity contribution >= 4 is 17.5 Å². The summed E-state index contributed by atoms with van der Waals surface area (Å²) in [7, 11) is 0. The van der Waals surface area contributed by atoms with Crippen LogP contribution in [0.1, 0.15) is 37.8 Å². The minimum atomic E-state index is -0.0957. The number of nitrogens with zero attached hydrogens (tertiary/aromatic N) is 2. The van der Waals surface area contributed by atoms with Crippen LogP contribution in [-0.4, -0.2) is 36.3 Å². The van der Waals surface area contributed by atoms with E-state index in [1.807, 2.05) is 36.9 Å². The van der Waals surface area contributed by atoms with Crippen LogP contribution in [0.25, 0.3) is 0 Å². The van der Waals surface area contributed by atoms with Crippen molar-refractivity contribution in [2.24, 2.45) is 5.92 Å². The summed E-state index contributed by atoms with van der Waals surface area (Å²) in [6.45, 7) is 9.49. The van der Waals surface area contributed by atoms with Crippen LogP contribution in [0.4, 0.5) is 5.69 Å². The van der Waals surface area contributed by atoms with E-state index in [1.54, 1.807) is 4.90 Å². The fourth-order valence-corrected chi connectivity index (χ4v) is 2.93. The molecule has 0 bridgehead atoms. The number of piperidine rings is 1. The summed E-state index contributed by atoms with van der Waals surface area (Å²) in [5, 5.41) is 0. The molecular weight excluding hydrogens is 276 g/mol. The SMILES string of the molecule is CC(=O)N(CC(=O)N1CCCC(C)C1)c1ccc(C)c(C)c1. The third-order valence-corrected chi connectivity index (χ3v) is 4.49. The number of hydrogen-bond acceptors (Lipinski definition) is 2. The monoisotopic (exact) mass is 302 g/mol. The molecule has 1 aromatic rings. The highest BCUT2D eigenvalue weighted by atomic mass is 16.2. The van der Waals surface area contributed by atoms with Gasteiger partial charge in [-0.2, -0.15) is 0 Å². The van der Waals surface area contributed by atoms with E-state index in [0.29, 0.717) is 5.92 Å². The number of likely N-dealkylation sites (tertiary alicyclic amines) is 1. The quantitative estimate of drug-likeness (QED) is 0.861. The maximum atomic E-state index is 12.5. The van der Waals surface area contributed by atoms with Gasteiger partial charge in [-0.1, -0.05) is 13.0 Å². The molecule has 0 spiro atoms. The molecule has 1 unspecified atom stereocenters. The van der Waals surface area contributed by atoms with Gasteiger partial charge in [0.1, 0.15) is 6.54 Å². The van der Waals surface area contributed by atoms with Gasteiger partial charge in [0.2, 0.25) is 11.8 Å². The topological polar surface area (TPSA) is 40.6 Å². The minimum absolute atomic E-state index is 0.0416. The molecule has 1 aliphatic heterocycles. The number of benzene rings is 1. The smallest absolute Gasteiger partial charge is 0.242 e. The molecule has 22 heavy (non-hydrogen) atoms. The summed E-state index contributed by atoms with van der Waals surface area (Å²) in [5.74, 6) is 0.492. The molecule has 1 atom stereocenters. The van der Waals surface area contributed by atoms with Crippen molar-refractivity contribution in [2.45, 2.75) is 40.5 Å². The fraction of sp³-hybridized carbons (Fsp3) is 0.556. The molecule has 4 nitrogen and oxygen atoms in total. The number of amides is 2. The first-order valence-electron chi connectivity index (χ1n) is 8.01. The Labute approximate surface area is 133 Å². The Balaban J connectivity index is 2.13. The first-order valence-corrected chi connectivity index (χ1v) is 8.01. The van der Waals surface area contributed by atoms with E-state index in [0.717, 1.165) is 30.8 Å². The second-order valence-electron chi connectivity index (χ2n) is 6.46. The van der Waals surface area contributed by atoms with E-state index >= 15 is 0 Å². The lowest BCUT2D eigenvalue weighted by atomic mass is 10.0. The molecule has 1 aliphatic rings. The lowest BCUT2D eigenvalue weighted by Crippen LogP contribution is -2.46. The second-order valence-corrected chi connectivity index (χ2v) is 6.46. The molecular formula is C18H26N2O2. The van der Waals surface area contributed by atoms with Gasteiger partial charge in [-0.25, -0.2) is 0 Å². The van der Waals surface area contributed by atoms with Gasteiger partial charge in [-0.05, 0) is 55.9 Å². The van der Waals surface area contributed by atoms with E-state index < -0.39 is 0 Å². The molecule has 2 rings (SSSR count). The first kappa shape index (κ1) is 16.5. The number of hydrogen-bond donors (Lipinski definition) is 0. The first-order chi connectivity index (χ1) is 10.4. The predicted molar refractivity (Wildman–Crippen MR) is 88.9 cm³/mol. The Morgan fingerprint density at radius 2 is 2.00 bits per heavy atom. The standard InChI is InChI=1S/C18H26N2O2/c1-13-6-5-9-19(11-13)18(22)12-20(16(4)21)17-8-7-14(2)15(3)10-17/h7-8,10,13H,5-6,9,11-12H2,1-4H3. The lowest BCUT2D eigenvalue weighted by Gasteiger charge is -2.33. The molecule has 4 heteroatoms. The molecule has 0 saturated carbocycles. The van der Waals surface area contributed by atoms with E-state index in [9.17, 15) is 9.59 Å². The van der Waals surface area contributed by atoms with Crippen LogP contribution in [0, 0.1) is 19.8 Å². The average molecular weight is 302 g/mol. The summed E-state index contributed by atoms with van der Waals surface area (Å²) in [6, 6.07) is 5.88. The van der Waals surface area contributed by atoms with Crippen molar-refractivity contribution in [2.75, 3.05) is 24.5 Å². The van der Waals surface area contributed by atoms with E-state index in [2.05, 4.69) is 6.92 Å². The highest BCUT2D eigenvalue weighted by Gasteiger charge is 2.24. The van der Waals surface area contributed by atoms with Crippen molar-refractivity contribution in [3.8, 4) is 0 Å². The highest BCUT2D eigenvalue weighted by molar-refractivity contribution is 5.97. The van der Waals surface area contributed by atoms with Gasteiger partial charge in [0.25, 0.3) is 0 Å². The molecule has 0 N–H and O–H groups in total. The van der Waals surface area contributed by atoms with Crippen LogP contribution < -0.4 is 4.90 Å². The van der Waals surface area contributed by atoms with Gasteiger partial charge >= 0.3 is 0 Å². The van der Waals surface area contributed by atoms with Gasteiger partial charge in [0.15, 0.2) is 0 Å². The fourth-order valence-electron chi connectivity index (χ4n) is 2.93. The maximum absolute atomic E-state index is 12.5. The van der Waals surface area contributed by atoms with Crippen molar-refractivity contribution in [3.63, 3.8) is 0 Å². The Kier molecular flexibility index (Phi) is 5.22. The summed E-state index contributed by atoms with van der Waals surface area (Å²) in [6.07, 6.45) is 2.23. The minimum Gasteiger partial charge on any atom is -0.341 e. The van der Waals surface area contributed by atoms with E-state index in [-0.39, 0.29) is 18.4 Å². The summed E-state index contributed by atoms with van der Waals surface area (Å²) < 4.78 is 0. The molecule has 1 saturated heterocycles. The number of anilines is 1. The van der Waals surface area contributed by atoms with Gasteiger partial charge in [-0.3, -0.25) is 9.59 Å². The van der Waals surface area contributed by atoms with E-state index in [4.69, 9.17) is 0 Å². The largest absolute Gasteiger partial charge is 0.341 e. The Morgan fingerprint density at radius 1 is 1.27 bits per heavy atom. The molecule has 120 valence electrons. The van der Waals surface area contributed by atoms with Crippen LogP contribution in [0.3, 0.4) is 0 Å². The Hall–Kier alpha value is -1.84. The van der Waals surface area contributed by atoms with Crippen molar-refractivity contribution < 1.29 is 9.59 Å². The zero-order valence-corrected chi connectivity index (χ0v) is 14.1. The number of rotatable bonds is 3. The predicted octanol–water partition coefficient (Wildman–Crippen LogP) is 2.91. The number of aryl methyl sites for hydroxylation is 2. The molecule has 1 aromatic carbocycles. The third kappa shape index (κ3) is 3.87. The summed E-state index contributed by atoms with van der Waals surface area (Å²) in [5.41, 5.74) is 3.11. The van der Waals surface area contributed by atoms with Gasteiger partial charge in [0.05, 0.1) is 0 Å². The highest BCUT2D eigenvalue weighted by Crippen LogP contribution is 2.20. The average Bonchev–Trinajstić information content (AvgIpc) is 2.47. The van der Waals surface area contributed by atoms with Crippen LogP contribution in [0.2, 0.25) is 0 Å². The second kappa shape index (κ2) is 6.95. The van der Waals surface area contributed by atoms with Crippen LogP contribution in [0.15, 0.2) is 18.2 Å². The van der Waals surface area contributed by atoms with Gasteiger partial charge in [0, 0.05) is 25.7 Å². The maximum Gasteiger partial charge on any atom is 0.242 e. The Bertz CT molecular complexity index is 568. The molecule has 0 aliphatic carbocycles. The van der Waals surface area contributed by atoms with Gasteiger partial charge < -0.3 is 9.80 Å². The summed E-state index contributed by atoms with van der Waals surface area (Å²) >= 11 is 0. The van der Waals surface area contributed by atoms with Crippen LogP contribution in [-0.2, 0) is 9.59 Å². The number of carbonyl (C=O) groups is 2. The molecule has 0 radical (unpaired) electrons. The number of carbonyl (C=O) groups excluding carboxylic acids is 2. The zero-order valence-electron chi connectivity index (χ0n) is 14.1. The van der Waals surface area contributed by atoms with Gasteiger partial charge in [-0.15, -0.1) is 0 Å². The van der Waals surface area contributed by atoms with Crippen molar-refractivity contribution in [1.82, 2.24) is 4.90 Å². The van der Waals surface area contributed by atoms with Crippen LogP contribution in [0.5, 0.6) is 0 Å². The van der Waals surface area contributed by atoms with Crippen LogP contribution >= 0.6 is 0 Å². The lowest BCUT2D eigenvalue weighted by molar-refractivity contribution is -0.132. The molecule has 1 fully saturated rings. The van der Waals surface area contributed by atoms with Crippen molar-refractivity contribution in [3.05, 3.63) is 29.3 Å². The zero-order chi connectivity index (χ0) is 16.3. The third-order valence-electron chi connectivity index (χ3n) is 4.49. The summed E-state index contributed by atoms with van der Waals surface area (Å²) in [4.78, 5) is 28.0. The molecule has 0 aromatic heterocycles. The van der Waals surface area contributed by atoms with Crippen molar-refractivity contribution in [1.29, 1.82) is 0 Å². The molecule has 2 amide bonds. The molecule has 1 heterocycles. The normalized spacial score (nSPS) is 18.2. The van der Waals surface area contributed by atoms with E-state index in [1.165, 1.54) is 18.9 Å².